The van der Waals surface area contributed by atoms with Crippen LogP contribution in [0.15, 0.2) is 23.1 Å². The first-order valence-corrected chi connectivity index (χ1v) is 10.4. The molecule has 0 spiro atoms. The van der Waals surface area contributed by atoms with Crippen molar-refractivity contribution < 1.29 is 22.7 Å². The van der Waals surface area contributed by atoms with Gasteiger partial charge >= 0.3 is 0 Å². The van der Waals surface area contributed by atoms with Gasteiger partial charge in [0.1, 0.15) is 0 Å². The summed E-state index contributed by atoms with van der Waals surface area (Å²) in [5.41, 5.74) is 5.63. The molecule has 1 fully saturated rings. The highest BCUT2D eigenvalue weighted by molar-refractivity contribution is 7.89. The van der Waals surface area contributed by atoms with Crippen molar-refractivity contribution in [3.8, 4) is 11.5 Å². The van der Waals surface area contributed by atoms with Gasteiger partial charge in [0.05, 0.1) is 19.1 Å². The number of carbonyl (C=O) groups excluding carboxylic acids is 1. The number of amides is 1. The minimum absolute atomic E-state index is 0. The summed E-state index contributed by atoms with van der Waals surface area (Å²) in [7, 11) is 1.04. The molecule has 0 aromatic heterocycles. The Bertz CT molecular complexity index is 766. The molecule has 2 rings (SSSR count). The van der Waals surface area contributed by atoms with Crippen molar-refractivity contribution in [1.29, 1.82) is 0 Å². The van der Waals surface area contributed by atoms with Crippen molar-refractivity contribution in [2.75, 3.05) is 40.9 Å². The average molecular weight is 436 g/mol. The second-order valence-electron chi connectivity index (χ2n) is 6.73. The van der Waals surface area contributed by atoms with E-state index < -0.39 is 10.0 Å². The first-order valence-electron chi connectivity index (χ1n) is 8.95. The number of nitrogens with zero attached hydrogens (tertiary/aromatic N) is 2. The molecule has 10 heteroatoms. The highest BCUT2D eigenvalue weighted by Crippen LogP contribution is 2.32. The number of nitrogens with two attached hydrogens (primary N) is 1. The monoisotopic (exact) mass is 435 g/mol. The van der Waals surface area contributed by atoms with E-state index in [-0.39, 0.29) is 35.2 Å². The molecule has 1 saturated heterocycles. The number of benzene rings is 1. The number of carbonyl (C=O) groups is 1. The Hall–Kier alpha value is -1.55. The van der Waals surface area contributed by atoms with Crippen LogP contribution in [0.3, 0.4) is 0 Å². The Kier molecular flexibility index (Phi) is 9.00. The third kappa shape index (κ3) is 5.08. The van der Waals surface area contributed by atoms with Crippen molar-refractivity contribution in [2.45, 2.75) is 30.7 Å². The molecule has 8 nitrogen and oxygen atoms in total. The van der Waals surface area contributed by atoms with Crippen molar-refractivity contribution in [3.05, 3.63) is 18.2 Å². The number of methoxy groups -OCH3 is 2. The Morgan fingerprint density at radius 3 is 2.32 bits per heavy atom. The van der Waals surface area contributed by atoms with E-state index in [2.05, 4.69) is 0 Å². The molecule has 28 heavy (non-hydrogen) atoms. The molecule has 2 N–H and O–H groups in total. The first kappa shape index (κ1) is 24.5. The maximum absolute atomic E-state index is 12.9. The first-order chi connectivity index (χ1) is 12.8. The number of rotatable bonds is 7. The molecule has 1 heterocycles. The number of halogens is 1. The normalized spacial score (nSPS) is 16.8. The summed E-state index contributed by atoms with van der Waals surface area (Å²) in [5, 5.41) is 0. The standard InChI is InChI=1S/C18H29N3O5S.ClH/c1-13(12-19)20(2)18(22)14-7-9-21(10-8-14)27(23,24)15-5-6-16(25-3)17(11-15)26-4;/h5-6,11,13-14H,7-10,12,19H2,1-4H3;1H. The molecule has 160 valence electrons. The Morgan fingerprint density at radius 2 is 1.82 bits per heavy atom. The molecular weight excluding hydrogens is 406 g/mol. The van der Waals surface area contributed by atoms with Crippen LogP contribution in [0, 0.1) is 5.92 Å². The Balaban J connectivity index is 0.00000392. The number of sulfonamides is 1. The summed E-state index contributed by atoms with van der Waals surface area (Å²) in [4.78, 5) is 14.4. The molecule has 1 aliphatic rings. The molecule has 0 bridgehead atoms. The lowest BCUT2D eigenvalue weighted by molar-refractivity contribution is -0.137. The molecule has 1 unspecified atom stereocenters. The molecule has 0 saturated carbocycles. The zero-order valence-electron chi connectivity index (χ0n) is 16.8. The highest BCUT2D eigenvalue weighted by atomic mass is 35.5. The van der Waals surface area contributed by atoms with E-state index >= 15 is 0 Å². The topological polar surface area (TPSA) is 102 Å². The van der Waals surface area contributed by atoms with Gasteiger partial charge in [0.2, 0.25) is 15.9 Å². The van der Waals surface area contributed by atoms with Crippen molar-refractivity contribution in [3.63, 3.8) is 0 Å². The van der Waals surface area contributed by atoms with Crippen LogP contribution < -0.4 is 15.2 Å². The zero-order chi connectivity index (χ0) is 20.2. The SMILES string of the molecule is COc1ccc(S(=O)(=O)N2CCC(C(=O)N(C)C(C)CN)CC2)cc1OC.Cl. The van der Waals surface area contributed by atoms with Gasteiger partial charge in [0.15, 0.2) is 11.5 Å². The second kappa shape index (κ2) is 10.3. The lowest BCUT2D eigenvalue weighted by Gasteiger charge is -2.34. The highest BCUT2D eigenvalue weighted by Gasteiger charge is 2.34. The van der Waals surface area contributed by atoms with E-state index in [1.165, 1.54) is 30.7 Å². The predicted molar refractivity (Wildman–Crippen MR) is 110 cm³/mol. The van der Waals surface area contributed by atoms with E-state index in [1.54, 1.807) is 18.0 Å². The summed E-state index contributed by atoms with van der Waals surface area (Å²) < 4.78 is 37.7. The molecule has 0 radical (unpaired) electrons. The number of ether oxygens (including phenoxy) is 2. The summed E-state index contributed by atoms with van der Waals surface area (Å²) in [6, 6.07) is 4.50. The van der Waals surface area contributed by atoms with Gasteiger partial charge in [-0.3, -0.25) is 4.79 Å². The average Bonchev–Trinajstić information content (AvgIpc) is 2.71. The van der Waals surface area contributed by atoms with Gasteiger partial charge in [-0.15, -0.1) is 12.4 Å². The molecule has 1 aliphatic heterocycles. The van der Waals surface area contributed by atoms with Crippen LogP contribution in [-0.4, -0.2) is 70.5 Å². The van der Waals surface area contributed by atoms with Crippen LogP contribution >= 0.6 is 12.4 Å². The van der Waals surface area contributed by atoms with E-state index in [4.69, 9.17) is 15.2 Å². The zero-order valence-corrected chi connectivity index (χ0v) is 18.4. The molecule has 1 amide bonds. The Labute approximate surface area is 173 Å². The van der Waals surface area contributed by atoms with Crippen LogP contribution in [0.25, 0.3) is 0 Å². The van der Waals surface area contributed by atoms with Crippen molar-refractivity contribution >= 4 is 28.3 Å². The number of likely N-dealkylation sites (N-methyl/N-ethyl adjacent to an activating group) is 1. The smallest absolute Gasteiger partial charge is 0.243 e. The third-order valence-electron chi connectivity index (χ3n) is 5.15. The van der Waals surface area contributed by atoms with Gasteiger partial charge in [0.25, 0.3) is 0 Å². The summed E-state index contributed by atoms with van der Waals surface area (Å²) >= 11 is 0. The number of hydrogen-bond donors (Lipinski definition) is 1. The summed E-state index contributed by atoms with van der Waals surface area (Å²) in [6.07, 6.45) is 0.986. The molecular formula is C18H30ClN3O5S. The second-order valence-corrected chi connectivity index (χ2v) is 8.67. The lowest BCUT2D eigenvalue weighted by atomic mass is 9.96. The Morgan fingerprint density at radius 1 is 1.25 bits per heavy atom. The summed E-state index contributed by atoms with van der Waals surface area (Å²) in [6.45, 7) is 2.90. The van der Waals surface area contributed by atoms with E-state index in [0.29, 0.717) is 44.0 Å². The fraction of sp³-hybridized carbons (Fsp3) is 0.611. The van der Waals surface area contributed by atoms with E-state index in [9.17, 15) is 13.2 Å². The maximum Gasteiger partial charge on any atom is 0.243 e. The largest absolute Gasteiger partial charge is 0.493 e. The quantitative estimate of drug-likeness (QED) is 0.693. The maximum atomic E-state index is 12.9. The molecule has 1 aromatic rings. The third-order valence-corrected chi connectivity index (χ3v) is 7.04. The van der Waals surface area contributed by atoms with Gasteiger partial charge in [-0.1, -0.05) is 0 Å². The molecule has 1 atom stereocenters. The van der Waals surface area contributed by atoms with Gasteiger partial charge < -0.3 is 20.1 Å². The number of hydrogen-bond acceptors (Lipinski definition) is 6. The van der Waals surface area contributed by atoms with Gasteiger partial charge in [0, 0.05) is 44.7 Å². The van der Waals surface area contributed by atoms with Gasteiger partial charge in [-0.05, 0) is 31.9 Å². The van der Waals surface area contributed by atoms with Crippen molar-refractivity contribution in [1.82, 2.24) is 9.21 Å². The van der Waals surface area contributed by atoms with Crippen LogP contribution in [0.5, 0.6) is 11.5 Å². The van der Waals surface area contributed by atoms with E-state index in [0.717, 1.165) is 0 Å². The minimum Gasteiger partial charge on any atom is -0.493 e. The van der Waals surface area contributed by atoms with Crippen LogP contribution in [-0.2, 0) is 14.8 Å². The van der Waals surface area contributed by atoms with Crippen LogP contribution in [0.4, 0.5) is 0 Å². The van der Waals surface area contributed by atoms with Crippen LogP contribution in [0.1, 0.15) is 19.8 Å². The molecule has 1 aromatic carbocycles. The predicted octanol–water partition coefficient (Wildman–Crippen LogP) is 1.33. The van der Waals surface area contributed by atoms with E-state index in [1.807, 2.05) is 6.92 Å². The lowest BCUT2D eigenvalue weighted by Crippen LogP contribution is -2.47. The molecule has 0 aliphatic carbocycles. The van der Waals surface area contributed by atoms with Crippen molar-refractivity contribution in [2.24, 2.45) is 11.7 Å². The summed E-state index contributed by atoms with van der Waals surface area (Å²) in [5.74, 6) is 0.677. The minimum atomic E-state index is -3.66. The fourth-order valence-electron chi connectivity index (χ4n) is 3.13. The number of piperidine rings is 1. The van der Waals surface area contributed by atoms with Gasteiger partial charge in [-0.25, -0.2) is 8.42 Å². The van der Waals surface area contributed by atoms with Crippen LogP contribution in [0.2, 0.25) is 0 Å². The van der Waals surface area contributed by atoms with Gasteiger partial charge in [-0.2, -0.15) is 4.31 Å². The fourth-order valence-corrected chi connectivity index (χ4v) is 4.62.